The molecule has 0 aliphatic rings. The van der Waals surface area contributed by atoms with Gasteiger partial charge in [-0.25, -0.2) is 9.13 Å². The van der Waals surface area contributed by atoms with Gasteiger partial charge in [-0.05, 0) is 135 Å². The average molecular weight is 1470 g/mol. The Hall–Kier alpha value is -5.06. The van der Waals surface area contributed by atoms with Crippen molar-refractivity contribution in [1.82, 2.24) is 0 Å². The van der Waals surface area contributed by atoms with E-state index in [9.17, 15) is 43.2 Å². The van der Waals surface area contributed by atoms with Crippen LogP contribution in [0.5, 0.6) is 0 Å². The van der Waals surface area contributed by atoms with E-state index in [1.54, 1.807) is 0 Å². The number of aliphatic hydroxyl groups is 1. The molecule has 102 heavy (non-hydrogen) atoms. The lowest BCUT2D eigenvalue weighted by molar-refractivity contribution is -0.161. The van der Waals surface area contributed by atoms with Gasteiger partial charge in [0.1, 0.15) is 19.3 Å². The van der Waals surface area contributed by atoms with Crippen molar-refractivity contribution in [2.75, 3.05) is 39.6 Å². The minimum absolute atomic E-state index is 0.0730. The second kappa shape index (κ2) is 74.2. The van der Waals surface area contributed by atoms with Crippen LogP contribution in [0.2, 0.25) is 0 Å². The quantitative estimate of drug-likeness (QED) is 0.0169. The molecule has 582 valence electrons. The van der Waals surface area contributed by atoms with Crippen LogP contribution < -0.4 is 0 Å². The lowest BCUT2D eigenvalue weighted by atomic mass is 10.1. The van der Waals surface area contributed by atoms with Gasteiger partial charge < -0.3 is 33.8 Å². The molecule has 0 bridgehead atoms. The van der Waals surface area contributed by atoms with E-state index in [0.29, 0.717) is 32.1 Å². The van der Waals surface area contributed by atoms with E-state index < -0.39 is 97.5 Å². The topological polar surface area (TPSA) is 237 Å². The highest BCUT2D eigenvalue weighted by atomic mass is 31.2. The third kappa shape index (κ3) is 73.3. The molecule has 5 unspecified atom stereocenters. The molecule has 5 atom stereocenters. The van der Waals surface area contributed by atoms with Crippen molar-refractivity contribution in [3.63, 3.8) is 0 Å². The molecule has 0 aliphatic heterocycles. The summed E-state index contributed by atoms with van der Waals surface area (Å²) in [5.74, 6) is -2.28. The first-order valence-electron chi connectivity index (χ1n) is 39.1. The predicted molar refractivity (Wildman–Crippen MR) is 417 cm³/mol. The Morgan fingerprint density at radius 3 is 0.824 bits per heavy atom. The third-order valence-electron chi connectivity index (χ3n) is 15.8. The lowest BCUT2D eigenvalue weighted by Crippen LogP contribution is -2.30. The first-order valence-corrected chi connectivity index (χ1v) is 42.1. The fourth-order valence-corrected chi connectivity index (χ4v) is 11.5. The molecular formula is C83H138O17P2. The highest BCUT2D eigenvalue weighted by Gasteiger charge is 2.30. The lowest BCUT2D eigenvalue weighted by Gasteiger charge is -2.21. The summed E-state index contributed by atoms with van der Waals surface area (Å²) < 4.78 is 68.5. The molecule has 0 fully saturated rings. The molecule has 0 heterocycles. The zero-order valence-electron chi connectivity index (χ0n) is 63.5. The molecular weight excluding hydrogens is 1330 g/mol. The van der Waals surface area contributed by atoms with Crippen molar-refractivity contribution < 1.29 is 80.2 Å². The molecule has 0 amide bonds. The van der Waals surface area contributed by atoms with Crippen molar-refractivity contribution >= 4 is 39.5 Å². The van der Waals surface area contributed by atoms with Gasteiger partial charge in [0.05, 0.1) is 26.4 Å². The zero-order valence-corrected chi connectivity index (χ0v) is 65.3. The number of hydrogen-bond donors (Lipinski definition) is 3. The second-order valence-electron chi connectivity index (χ2n) is 25.5. The SMILES string of the molecule is CC/C=C\C/C=C\C/C=C\C/C=C\C/C=C\CCCC(=O)OCC(COP(=O)(O)OCC(O)COP(=O)(O)OCC(COC(=O)CCCCCC/C=C\C/C=C\C/C=C\C/C=C\CC)OC(=O)CCCCCCCCC/C=C\C/C=C\C/C=C\CC)OC(=O)CCCCCCCCCCCCC. The van der Waals surface area contributed by atoms with Crippen molar-refractivity contribution in [1.29, 1.82) is 0 Å². The van der Waals surface area contributed by atoms with Crippen LogP contribution in [0.4, 0.5) is 0 Å². The number of unbranched alkanes of at least 4 members (excludes halogenated alkanes) is 22. The number of esters is 4. The number of allylic oxidation sites excluding steroid dienone is 24. The summed E-state index contributed by atoms with van der Waals surface area (Å²) in [7, 11) is -9.98. The molecule has 0 radical (unpaired) electrons. The normalized spacial score (nSPS) is 14.7. The Morgan fingerprint density at radius 1 is 0.284 bits per heavy atom. The van der Waals surface area contributed by atoms with Gasteiger partial charge in [-0.15, -0.1) is 0 Å². The Kier molecular flexibility index (Phi) is 70.5. The first-order chi connectivity index (χ1) is 49.7. The van der Waals surface area contributed by atoms with Crippen LogP contribution >= 0.6 is 15.6 Å². The minimum atomic E-state index is -4.99. The number of aliphatic hydroxyl groups excluding tert-OH is 1. The summed E-state index contributed by atoms with van der Waals surface area (Å²) in [6.07, 6.45) is 84.1. The van der Waals surface area contributed by atoms with Crippen LogP contribution in [0.15, 0.2) is 146 Å². The smallest absolute Gasteiger partial charge is 0.462 e. The summed E-state index contributed by atoms with van der Waals surface area (Å²) in [4.78, 5) is 72.9. The van der Waals surface area contributed by atoms with Gasteiger partial charge in [0.2, 0.25) is 0 Å². The van der Waals surface area contributed by atoms with Crippen LogP contribution in [0.25, 0.3) is 0 Å². The van der Waals surface area contributed by atoms with Crippen LogP contribution in [-0.2, 0) is 65.4 Å². The second-order valence-corrected chi connectivity index (χ2v) is 28.4. The third-order valence-corrected chi connectivity index (χ3v) is 17.7. The molecule has 0 aliphatic carbocycles. The van der Waals surface area contributed by atoms with Crippen molar-refractivity contribution in [3.05, 3.63) is 146 Å². The van der Waals surface area contributed by atoms with Crippen LogP contribution in [0, 0.1) is 0 Å². The molecule has 19 heteroatoms. The molecule has 0 aromatic carbocycles. The average Bonchev–Trinajstić information content (AvgIpc) is 0.923. The first kappa shape index (κ1) is 96.9. The number of hydrogen-bond acceptors (Lipinski definition) is 15. The maximum absolute atomic E-state index is 13.1. The largest absolute Gasteiger partial charge is 0.472 e. The Labute approximate surface area is 617 Å². The van der Waals surface area contributed by atoms with Gasteiger partial charge >= 0.3 is 39.5 Å². The molecule has 0 rings (SSSR count). The maximum Gasteiger partial charge on any atom is 0.472 e. The van der Waals surface area contributed by atoms with E-state index in [1.807, 2.05) is 12.2 Å². The summed E-state index contributed by atoms with van der Waals surface area (Å²) >= 11 is 0. The number of rotatable bonds is 72. The standard InChI is InChI=1S/C83H138O17P2/c1-5-9-13-17-21-25-29-32-35-38-41-44-48-51-55-59-63-67-80(85)93-73-78(99-82(87)69-65-61-57-53-47-28-24-20-16-12-8-4)75-97-101(89,90)95-71-77(84)72-96-102(91,92)98-76-79(100-83(88)70-66-62-58-54-50-46-43-40-37-34-31-27-23-19-15-11-7-3)74-94-81(86)68-64-60-56-52-49-45-42-39-36-33-30-26-22-18-14-10-6-2/h9-11,13-15,21-23,25-27,32-37,41-42,44-45,51,55,77-79,84H,5-8,12,16-20,24,28-31,38-40,43,46-50,52-54,56-76H2,1-4H3,(H,89,90)(H,91,92)/b13-9-,14-10-,15-11-,25-21-,26-22-,27-23-,35-32-,36-33-,37-34-,44-41-,45-42-,55-51-. The minimum Gasteiger partial charge on any atom is -0.462 e. The van der Waals surface area contributed by atoms with E-state index >= 15 is 0 Å². The van der Waals surface area contributed by atoms with Gasteiger partial charge in [-0.2, -0.15) is 0 Å². The number of ether oxygens (including phenoxy) is 4. The van der Waals surface area contributed by atoms with Crippen molar-refractivity contribution in [2.24, 2.45) is 0 Å². The summed E-state index contributed by atoms with van der Waals surface area (Å²) in [6.45, 7) is 4.42. The summed E-state index contributed by atoms with van der Waals surface area (Å²) in [5, 5.41) is 10.6. The highest BCUT2D eigenvalue weighted by molar-refractivity contribution is 7.47. The van der Waals surface area contributed by atoms with Gasteiger partial charge in [0.25, 0.3) is 0 Å². The number of carbonyl (C=O) groups is 4. The van der Waals surface area contributed by atoms with Gasteiger partial charge in [-0.1, -0.05) is 283 Å². The molecule has 0 saturated carbocycles. The van der Waals surface area contributed by atoms with E-state index in [0.717, 1.165) is 173 Å². The maximum atomic E-state index is 13.1. The molecule has 17 nitrogen and oxygen atoms in total. The van der Waals surface area contributed by atoms with Crippen LogP contribution in [0.3, 0.4) is 0 Å². The fraction of sp³-hybridized carbons (Fsp3) is 0.663. The molecule has 0 aromatic heterocycles. The molecule has 3 N–H and O–H groups in total. The summed E-state index contributed by atoms with van der Waals surface area (Å²) in [5.41, 5.74) is 0. The molecule has 0 saturated heterocycles. The molecule has 0 spiro atoms. The van der Waals surface area contributed by atoms with E-state index in [2.05, 4.69) is 161 Å². The van der Waals surface area contributed by atoms with E-state index in [4.69, 9.17) is 37.0 Å². The summed E-state index contributed by atoms with van der Waals surface area (Å²) in [6, 6.07) is 0. The zero-order chi connectivity index (χ0) is 74.6. The number of phosphoric ester groups is 2. The fourth-order valence-electron chi connectivity index (χ4n) is 9.97. The highest BCUT2D eigenvalue weighted by Crippen LogP contribution is 2.45. The van der Waals surface area contributed by atoms with Crippen LogP contribution in [-0.4, -0.2) is 96.7 Å². The van der Waals surface area contributed by atoms with Crippen LogP contribution in [0.1, 0.15) is 297 Å². The van der Waals surface area contributed by atoms with E-state index in [-0.39, 0.29) is 25.7 Å². The predicted octanol–water partition coefficient (Wildman–Crippen LogP) is 22.7. The van der Waals surface area contributed by atoms with Crippen molar-refractivity contribution in [3.8, 4) is 0 Å². The van der Waals surface area contributed by atoms with E-state index in [1.165, 1.54) is 38.5 Å². The number of carbonyl (C=O) groups excluding carboxylic acids is 4. The van der Waals surface area contributed by atoms with Crippen molar-refractivity contribution in [2.45, 2.75) is 316 Å². The Morgan fingerprint density at radius 2 is 0.520 bits per heavy atom. The Balaban J connectivity index is 5.41. The monoisotopic (exact) mass is 1470 g/mol. The number of phosphoric acid groups is 2. The van der Waals surface area contributed by atoms with Gasteiger partial charge in [-0.3, -0.25) is 37.3 Å². The van der Waals surface area contributed by atoms with Gasteiger partial charge in [0, 0.05) is 25.7 Å². The molecule has 0 aromatic rings. The van der Waals surface area contributed by atoms with Gasteiger partial charge in [0.15, 0.2) is 12.2 Å². The Bertz CT molecular complexity index is 2510.